The Labute approximate surface area is 177 Å². The summed E-state index contributed by atoms with van der Waals surface area (Å²) in [6.45, 7) is 4.08. The minimum Gasteiger partial charge on any atom is -0.355 e. The Morgan fingerprint density at radius 1 is 1.07 bits per heavy atom. The summed E-state index contributed by atoms with van der Waals surface area (Å²) in [6, 6.07) is 12.4. The largest absolute Gasteiger partial charge is 0.355 e. The van der Waals surface area contributed by atoms with Gasteiger partial charge in [-0.1, -0.05) is 30.3 Å². The Morgan fingerprint density at radius 2 is 1.87 bits per heavy atom. The van der Waals surface area contributed by atoms with Crippen LogP contribution in [0.4, 0.5) is 0 Å². The molecule has 0 spiro atoms. The maximum absolute atomic E-state index is 12.7. The molecule has 2 saturated heterocycles. The number of aromatic amines is 1. The van der Waals surface area contributed by atoms with Crippen LogP contribution in [0.5, 0.6) is 0 Å². The van der Waals surface area contributed by atoms with Crippen molar-refractivity contribution in [2.45, 2.75) is 38.1 Å². The zero-order valence-electron chi connectivity index (χ0n) is 17.4. The summed E-state index contributed by atoms with van der Waals surface area (Å²) in [5.41, 5.74) is 1.80. The first-order valence-corrected chi connectivity index (χ1v) is 11.0. The van der Waals surface area contributed by atoms with E-state index in [1.165, 1.54) is 5.56 Å². The molecular formula is C23H31N5O2. The molecule has 0 unspecified atom stereocenters. The predicted molar refractivity (Wildman–Crippen MR) is 115 cm³/mol. The number of likely N-dealkylation sites (tertiary alicyclic amines) is 2. The van der Waals surface area contributed by atoms with Gasteiger partial charge in [0.1, 0.15) is 5.69 Å². The predicted octanol–water partition coefficient (Wildman–Crippen LogP) is 2.09. The molecular weight excluding hydrogens is 378 g/mol. The number of H-pyrrole nitrogens is 1. The fourth-order valence-electron chi connectivity index (χ4n) is 4.65. The van der Waals surface area contributed by atoms with Gasteiger partial charge in [-0.15, -0.1) is 0 Å². The molecule has 1 atom stereocenters. The van der Waals surface area contributed by atoms with Gasteiger partial charge in [0.25, 0.3) is 5.91 Å². The first-order valence-electron chi connectivity index (χ1n) is 11.0. The van der Waals surface area contributed by atoms with E-state index < -0.39 is 0 Å². The highest BCUT2D eigenvalue weighted by atomic mass is 16.2. The zero-order chi connectivity index (χ0) is 20.8. The van der Waals surface area contributed by atoms with Crippen LogP contribution in [-0.4, -0.2) is 70.6 Å². The summed E-state index contributed by atoms with van der Waals surface area (Å²) in [6.07, 6.45) is 6.42. The highest BCUT2D eigenvalue weighted by molar-refractivity contribution is 5.92. The van der Waals surface area contributed by atoms with Crippen LogP contribution in [0.15, 0.2) is 42.6 Å². The van der Waals surface area contributed by atoms with Gasteiger partial charge in [0, 0.05) is 38.4 Å². The van der Waals surface area contributed by atoms with Gasteiger partial charge < -0.3 is 10.2 Å². The molecule has 0 bridgehead atoms. The first-order chi connectivity index (χ1) is 14.7. The summed E-state index contributed by atoms with van der Waals surface area (Å²) >= 11 is 0. The van der Waals surface area contributed by atoms with Crippen LogP contribution in [0.3, 0.4) is 0 Å². The molecule has 2 fully saturated rings. The second-order valence-corrected chi connectivity index (χ2v) is 8.35. The molecule has 1 aromatic heterocycles. The van der Waals surface area contributed by atoms with Crippen molar-refractivity contribution >= 4 is 11.8 Å². The second kappa shape index (κ2) is 9.89. The van der Waals surface area contributed by atoms with Crippen LogP contribution < -0.4 is 5.32 Å². The van der Waals surface area contributed by atoms with E-state index in [9.17, 15) is 9.59 Å². The molecule has 4 rings (SSSR count). The molecule has 30 heavy (non-hydrogen) atoms. The number of hydrogen-bond acceptors (Lipinski definition) is 4. The number of carbonyl (C=O) groups is 2. The number of nitrogens with zero attached hydrogens (tertiary/aromatic N) is 3. The summed E-state index contributed by atoms with van der Waals surface area (Å²) in [7, 11) is 0. The van der Waals surface area contributed by atoms with E-state index in [-0.39, 0.29) is 17.7 Å². The Morgan fingerprint density at radius 3 is 2.60 bits per heavy atom. The Balaban J connectivity index is 1.22. The number of benzene rings is 1. The Bertz CT molecular complexity index is 815. The van der Waals surface area contributed by atoms with Gasteiger partial charge in [0.15, 0.2) is 0 Å². The number of amides is 2. The van der Waals surface area contributed by atoms with Crippen molar-refractivity contribution in [1.29, 1.82) is 0 Å². The molecule has 2 aliphatic rings. The lowest BCUT2D eigenvalue weighted by molar-refractivity contribution is -0.127. The molecule has 0 aliphatic carbocycles. The molecule has 1 aromatic carbocycles. The van der Waals surface area contributed by atoms with Crippen molar-refractivity contribution in [2.24, 2.45) is 5.92 Å². The Kier molecular flexibility index (Phi) is 6.79. The maximum Gasteiger partial charge on any atom is 0.271 e. The number of nitrogens with one attached hydrogen (secondary N) is 2. The maximum atomic E-state index is 12.7. The molecule has 2 N–H and O–H groups in total. The quantitative estimate of drug-likeness (QED) is 0.766. The van der Waals surface area contributed by atoms with Crippen molar-refractivity contribution in [2.75, 3.05) is 32.7 Å². The fourth-order valence-corrected chi connectivity index (χ4v) is 4.65. The van der Waals surface area contributed by atoms with E-state index in [2.05, 4.69) is 32.5 Å². The van der Waals surface area contributed by atoms with Crippen molar-refractivity contribution in [3.05, 3.63) is 53.9 Å². The van der Waals surface area contributed by atoms with E-state index in [0.717, 1.165) is 58.3 Å². The summed E-state index contributed by atoms with van der Waals surface area (Å²) in [4.78, 5) is 29.5. The number of piperidine rings is 2. The molecule has 3 heterocycles. The lowest BCUT2D eigenvalue weighted by Crippen LogP contribution is -2.51. The van der Waals surface area contributed by atoms with Crippen LogP contribution in [0, 0.1) is 5.92 Å². The van der Waals surface area contributed by atoms with Crippen LogP contribution in [0.1, 0.15) is 41.7 Å². The Hall–Kier alpha value is -2.67. The molecule has 2 amide bonds. The van der Waals surface area contributed by atoms with E-state index >= 15 is 0 Å². The topological polar surface area (TPSA) is 81.3 Å². The summed E-state index contributed by atoms with van der Waals surface area (Å²) < 4.78 is 0. The van der Waals surface area contributed by atoms with Gasteiger partial charge in [-0.2, -0.15) is 5.10 Å². The average molecular weight is 410 g/mol. The van der Waals surface area contributed by atoms with E-state index in [1.54, 1.807) is 12.3 Å². The number of aromatic nitrogens is 2. The van der Waals surface area contributed by atoms with E-state index in [1.807, 2.05) is 23.1 Å². The number of carbonyl (C=O) groups excluding carboxylic acids is 2. The average Bonchev–Trinajstić information content (AvgIpc) is 3.34. The minimum absolute atomic E-state index is 0.0280. The SMILES string of the molecule is O=C(NCCc1ccccc1)[C@H]1CCCN(C2CCN(C(=O)c3ccn[nH]3)CC2)C1. The third-order valence-corrected chi connectivity index (χ3v) is 6.38. The van der Waals surface area contributed by atoms with Gasteiger partial charge >= 0.3 is 0 Å². The van der Waals surface area contributed by atoms with E-state index in [4.69, 9.17) is 0 Å². The summed E-state index contributed by atoms with van der Waals surface area (Å²) in [5, 5.41) is 9.76. The fraction of sp³-hybridized carbons (Fsp3) is 0.522. The van der Waals surface area contributed by atoms with Gasteiger partial charge in [0.05, 0.1) is 5.92 Å². The van der Waals surface area contributed by atoms with Crippen LogP contribution in [0.25, 0.3) is 0 Å². The van der Waals surface area contributed by atoms with Gasteiger partial charge in [-0.3, -0.25) is 19.6 Å². The lowest BCUT2D eigenvalue weighted by Gasteiger charge is -2.42. The van der Waals surface area contributed by atoms with Crippen molar-refractivity contribution in [3.63, 3.8) is 0 Å². The van der Waals surface area contributed by atoms with Crippen molar-refractivity contribution < 1.29 is 9.59 Å². The second-order valence-electron chi connectivity index (χ2n) is 8.35. The zero-order valence-corrected chi connectivity index (χ0v) is 17.4. The highest BCUT2D eigenvalue weighted by Crippen LogP contribution is 2.24. The van der Waals surface area contributed by atoms with Gasteiger partial charge in [0.2, 0.25) is 5.91 Å². The van der Waals surface area contributed by atoms with Crippen molar-refractivity contribution in [3.8, 4) is 0 Å². The standard InChI is InChI=1S/C23H31N5O2/c29-22(24-12-8-18-5-2-1-3-6-18)19-7-4-14-28(17-19)20-10-15-27(16-11-20)23(30)21-9-13-25-26-21/h1-3,5-6,9,13,19-20H,4,7-8,10-12,14-17H2,(H,24,29)(H,25,26)/t19-/m0/s1. The molecule has 160 valence electrons. The minimum atomic E-state index is 0.0280. The third kappa shape index (κ3) is 5.08. The van der Waals surface area contributed by atoms with Crippen LogP contribution >= 0.6 is 0 Å². The molecule has 0 saturated carbocycles. The highest BCUT2D eigenvalue weighted by Gasteiger charge is 2.32. The molecule has 7 heteroatoms. The molecule has 0 radical (unpaired) electrons. The number of hydrogen-bond donors (Lipinski definition) is 2. The van der Waals surface area contributed by atoms with Gasteiger partial charge in [-0.25, -0.2) is 0 Å². The summed E-state index contributed by atoms with van der Waals surface area (Å²) in [5.74, 6) is 0.280. The van der Waals surface area contributed by atoms with Gasteiger partial charge in [-0.05, 0) is 50.3 Å². The number of rotatable bonds is 6. The smallest absolute Gasteiger partial charge is 0.271 e. The van der Waals surface area contributed by atoms with E-state index in [0.29, 0.717) is 18.3 Å². The molecule has 2 aromatic rings. The lowest BCUT2D eigenvalue weighted by atomic mass is 9.93. The van der Waals surface area contributed by atoms with Crippen LogP contribution in [-0.2, 0) is 11.2 Å². The normalized spacial score (nSPS) is 20.8. The third-order valence-electron chi connectivity index (χ3n) is 6.38. The van der Waals surface area contributed by atoms with Crippen LogP contribution in [0.2, 0.25) is 0 Å². The van der Waals surface area contributed by atoms with Crippen molar-refractivity contribution in [1.82, 2.24) is 25.3 Å². The molecule has 2 aliphatic heterocycles. The monoisotopic (exact) mass is 409 g/mol. The first kappa shape index (κ1) is 20.6. The molecule has 7 nitrogen and oxygen atoms in total.